The van der Waals surface area contributed by atoms with Crippen LogP contribution in [-0.2, 0) is 24.0 Å². The Labute approximate surface area is 208 Å². The molecule has 0 aliphatic carbocycles. The molecule has 0 amide bonds. The summed E-state index contributed by atoms with van der Waals surface area (Å²) in [5.74, 6) is -2.92. The van der Waals surface area contributed by atoms with Crippen LogP contribution in [0, 0.1) is 0 Å². The second-order valence-electron chi connectivity index (χ2n) is 8.37. The Morgan fingerprint density at radius 3 is 2.43 bits per heavy atom. The van der Waals surface area contributed by atoms with Crippen LogP contribution in [0.25, 0.3) is 11.0 Å². The molecule has 2 heterocycles. The standard InChI is InChI=1S/C27H20F3NO6/c1-34-26(33)17-7-9-18(10-8-17)36-24-22(32)19-11-12-21-20(23(19)37-25(24)27(28,29)30)14-31(15-35-21)13-16-5-3-2-4-6-16/h2-12H,13-15H2,1H3. The van der Waals surface area contributed by atoms with Crippen LogP contribution in [0.2, 0.25) is 0 Å². The number of hydrogen-bond donors (Lipinski definition) is 0. The van der Waals surface area contributed by atoms with Crippen molar-refractivity contribution in [1.82, 2.24) is 4.90 Å². The minimum atomic E-state index is -5.02. The molecule has 0 fully saturated rings. The minimum Gasteiger partial charge on any atom is -0.478 e. The molecule has 0 bridgehead atoms. The number of carbonyl (C=O) groups is 1. The van der Waals surface area contributed by atoms with E-state index in [2.05, 4.69) is 4.74 Å². The third kappa shape index (κ3) is 4.88. The molecule has 190 valence electrons. The van der Waals surface area contributed by atoms with Gasteiger partial charge in [0.1, 0.15) is 23.8 Å². The lowest BCUT2D eigenvalue weighted by Gasteiger charge is -2.29. The van der Waals surface area contributed by atoms with Gasteiger partial charge in [-0.15, -0.1) is 0 Å². The number of rotatable bonds is 5. The zero-order chi connectivity index (χ0) is 26.2. The molecule has 0 unspecified atom stereocenters. The van der Waals surface area contributed by atoms with Gasteiger partial charge >= 0.3 is 12.1 Å². The summed E-state index contributed by atoms with van der Waals surface area (Å²) in [7, 11) is 1.20. The van der Waals surface area contributed by atoms with Crippen molar-refractivity contribution >= 4 is 16.9 Å². The van der Waals surface area contributed by atoms with Crippen molar-refractivity contribution in [1.29, 1.82) is 0 Å². The van der Waals surface area contributed by atoms with E-state index in [-0.39, 0.29) is 35.6 Å². The molecule has 1 aliphatic heterocycles. The van der Waals surface area contributed by atoms with E-state index in [9.17, 15) is 22.8 Å². The van der Waals surface area contributed by atoms with Crippen LogP contribution in [0.1, 0.15) is 27.2 Å². The molecule has 5 rings (SSSR count). The largest absolute Gasteiger partial charge is 0.478 e. The zero-order valence-electron chi connectivity index (χ0n) is 19.5. The van der Waals surface area contributed by atoms with Crippen LogP contribution >= 0.6 is 0 Å². The fourth-order valence-electron chi connectivity index (χ4n) is 4.11. The molecule has 37 heavy (non-hydrogen) atoms. The van der Waals surface area contributed by atoms with Crippen molar-refractivity contribution in [2.75, 3.05) is 13.8 Å². The highest BCUT2D eigenvalue weighted by molar-refractivity contribution is 5.89. The number of fused-ring (bicyclic) bond motifs is 3. The maximum absolute atomic E-state index is 14.1. The lowest BCUT2D eigenvalue weighted by Crippen LogP contribution is -2.31. The van der Waals surface area contributed by atoms with Crippen molar-refractivity contribution < 1.29 is 36.6 Å². The highest BCUT2D eigenvalue weighted by Gasteiger charge is 2.41. The summed E-state index contributed by atoms with van der Waals surface area (Å²) in [5, 5.41) is -0.0712. The molecule has 4 aromatic rings. The second kappa shape index (κ2) is 9.62. The first-order chi connectivity index (χ1) is 17.7. The third-order valence-corrected chi connectivity index (χ3v) is 5.86. The van der Waals surface area contributed by atoms with E-state index in [0.717, 1.165) is 5.56 Å². The van der Waals surface area contributed by atoms with E-state index < -0.39 is 29.1 Å². The molecular weight excluding hydrogens is 491 g/mol. The van der Waals surface area contributed by atoms with Gasteiger partial charge in [-0.25, -0.2) is 4.79 Å². The Kier molecular flexibility index (Phi) is 6.34. The van der Waals surface area contributed by atoms with Crippen molar-refractivity contribution in [2.24, 2.45) is 0 Å². The SMILES string of the molecule is COC(=O)c1ccc(Oc2c(C(F)(F)F)oc3c4c(ccc3c2=O)OCN(Cc2ccccc2)C4)cc1. The summed E-state index contributed by atoms with van der Waals surface area (Å²) < 4.78 is 63.3. The number of halogens is 3. The normalized spacial score (nSPS) is 13.6. The van der Waals surface area contributed by atoms with Gasteiger partial charge in [-0.2, -0.15) is 13.2 Å². The molecule has 0 spiro atoms. The van der Waals surface area contributed by atoms with Crippen LogP contribution in [-0.4, -0.2) is 24.7 Å². The number of carbonyl (C=O) groups excluding carboxylic acids is 1. The highest BCUT2D eigenvalue weighted by atomic mass is 19.4. The first kappa shape index (κ1) is 24.4. The molecule has 7 nitrogen and oxygen atoms in total. The molecule has 0 saturated heterocycles. The molecule has 1 aromatic heterocycles. The lowest BCUT2D eigenvalue weighted by atomic mass is 10.1. The number of methoxy groups -OCH3 is 1. The van der Waals surface area contributed by atoms with E-state index >= 15 is 0 Å². The van der Waals surface area contributed by atoms with Gasteiger partial charge in [-0.3, -0.25) is 9.69 Å². The molecule has 3 aromatic carbocycles. The first-order valence-corrected chi connectivity index (χ1v) is 11.2. The monoisotopic (exact) mass is 511 g/mol. The van der Waals surface area contributed by atoms with Gasteiger partial charge in [0.15, 0.2) is 0 Å². The van der Waals surface area contributed by atoms with Crippen molar-refractivity contribution in [2.45, 2.75) is 19.3 Å². The maximum atomic E-state index is 14.1. The quantitative estimate of drug-likeness (QED) is 0.316. The number of hydrogen-bond acceptors (Lipinski definition) is 7. The Hall–Kier alpha value is -4.31. The van der Waals surface area contributed by atoms with Crippen molar-refractivity contribution in [3.8, 4) is 17.2 Å². The Balaban J connectivity index is 1.55. The fraction of sp³-hybridized carbons (Fsp3) is 0.185. The van der Waals surface area contributed by atoms with Gasteiger partial charge in [0.25, 0.3) is 5.76 Å². The van der Waals surface area contributed by atoms with Gasteiger partial charge in [-0.05, 0) is 42.0 Å². The molecular formula is C27H20F3NO6. The molecule has 0 saturated carbocycles. The number of nitrogens with zero attached hydrogens (tertiary/aromatic N) is 1. The van der Waals surface area contributed by atoms with Crippen molar-refractivity contribution in [3.05, 3.63) is 99.4 Å². The Morgan fingerprint density at radius 1 is 1.03 bits per heavy atom. The van der Waals surface area contributed by atoms with Crippen molar-refractivity contribution in [3.63, 3.8) is 0 Å². The molecule has 0 radical (unpaired) electrons. The van der Waals surface area contributed by atoms with E-state index in [4.69, 9.17) is 13.9 Å². The van der Waals surface area contributed by atoms with E-state index in [1.807, 2.05) is 35.2 Å². The summed E-state index contributed by atoms with van der Waals surface area (Å²) in [6, 6.07) is 17.6. The second-order valence-corrected chi connectivity index (χ2v) is 8.37. The average Bonchev–Trinajstić information content (AvgIpc) is 2.90. The van der Waals surface area contributed by atoms with Gasteiger partial charge in [0.2, 0.25) is 11.2 Å². The summed E-state index contributed by atoms with van der Waals surface area (Å²) >= 11 is 0. The van der Waals surface area contributed by atoms with Gasteiger partial charge in [-0.1, -0.05) is 30.3 Å². The van der Waals surface area contributed by atoms with Gasteiger partial charge < -0.3 is 18.6 Å². The summed E-state index contributed by atoms with van der Waals surface area (Å²) in [6.07, 6.45) is -5.02. The van der Waals surface area contributed by atoms with E-state index in [1.165, 1.54) is 43.5 Å². The molecule has 0 atom stereocenters. The zero-order valence-corrected chi connectivity index (χ0v) is 19.5. The van der Waals surface area contributed by atoms with Crippen LogP contribution in [0.4, 0.5) is 13.2 Å². The minimum absolute atomic E-state index is 0.0712. The molecule has 10 heteroatoms. The lowest BCUT2D eigenvalue weighted by molar-refractivity contribution is -0.154. The number of benzene rings is 3. The van der Waals surface area contributed by atoms with Crippen LogP contribution in [0.15, 0.2) is 75.9 Å². The third-order valence-electron chi connectivity index (χ3n) is 5.86. The topological polar surface area (TPSA) is 78.2 Å². The molecule has 1 aliphatic rings. The summed E-state index contributed by atoms with van der Waals surface area (Å²) in [6.45, 7) is 0.944. The van der Waals surface area contributed by atoms with Crippen LogP contribution in [0.3, 0.4) is 0 Å². The van der Waals surface area contributed by atoms with Crippen LogP contribution in [0.5, 0.6) is 17.2 Å². The average molecular weight is 511 g/mol. The Morgan fingerprint density at radius 2 is 1.76 bits per heavy atom. The number of esters is 1. The highest BCUT2D eigenvalue weighted by Crippen LogP contribution is 2.41. The number of alkyl halides is 3. The number of ether oxygens (including phenoxy) is 3. The maximum Gasteiger partial charge on any atom is 0.453 e. The molecule has 0 N–H and O–H groups in total. The Bertz CT molecular complexity index is 1510. The summed E-state index contributed by atoms with van der Waals surface area (Å²) in [4.78, 5) is 26.8. The first-order valence-electron chi connectivity index (χ1n) is 11.2. The smallest absolute Gasteiger partial charge is 0.453 e. The van der Waals surface area contributed by atoms with E-state index in [1.54, 1.807) is 0 Å². The van der Waals surface area contributed by atoms with E-state index in [0.29, 0.717) is 17.9 Å². The van der Waals surface area contributed by atoms with Gasteiger partial charge in [0.05, 0.1) is 23.6 Å². The fourth-order valence-corrected chi connectivity index (χ4v) is 4.11. The summed E-state index contributed by atoms with van der Waals surface area (Å²) in [5.41, 5.74) is 0.329. The van der Waals surface area contributed by atoms with Crippen LogP contribution < -0.4 is 14.9 Å². The predicted octanol–water partition coefficient (Wildman–Crippen LogP) is 5.74. The van der Waals surface area contributed by atoms with Gasteiger partial charge in [0, 0.05) is 13.1 Å². The predicted molar refractivity (Wildman–Crippen MR) is 127 cm³/mol.